The quantitative estimate of drug-likeness (QED) is 0.406. The Morgan fingerprint density at radius 3 is 2.48 bits per heavy atom. The highest BCUT2D eigenvalue weighted by molar-refractivity contribution is 6.33. The SMILES string of the molecule is Cc1ccc(-c2nn3c(=O)n(CC(=O)c4ccccc4Cl)c4ccccc4c3[nH+]2)cc1. The van der Waals surface area contributed by atoms with Crippen LogP contribution < -0.4 is 10.7 Å². The Morgan fingerprint density at radius 2 is 1.71 bits per heavy atom. The number of aryl methyl sites for hydroxylation is 1. The molecule has 31 heavy (non-hydrogen) atoms. The van der Waals surface area contributed by atoms with Gasteiger partial charge in [0.15, 0.2) is 5.78 Å². The Hall–Kier alpha value is -3.77. The molecule has 0 amide bonds. The second kappa shape index (κ2) is 7.49. The molecule has 5 rings (SSSR count). The zero-order chi connectivity index (χ0) is 21.5. The van der Waals surface area contributed by atoms with E-state index in [9.17, 15) is 9.59 Å². The van der Waals surface area contributed by atoms with Crippen LogP contribution in [-0.2, 0) is 6.54 Å². The van der Waals surface area contributed by atoms with Crippen molar-refractivity contribution in [2.45, 2.75) is 13.5 Å². The number of hydrogen-bond acceptors (Lipinski definition) is 3. The molecule has 0 aliphatic rings. The third kappa shape index (κ3) is 3.31. The van der Waals surface area contributed by atoms with Gasteiger partial charge >= 0.3 is 11.5 Å². The largest absolute Gasteiger partial charge is 0.423 e. The third-order valence-corrected chi connectivity index (χ3v) is 5.64. The lowest BCUT2D eigenvalue weighted by atomic mass is 10.1. The standard InChI is InChI=1S/C24H17ClN4O2/c1-15-10-12-16(13-11-15)22-26-23-18-7-3-5-9-20(18)28(24(31)29(23)27-22)14-21(30)17-6-2-4-8-19(17)25/h2-13H,14H2,1H3/p+1. The molecule has 5 aromatic rings. The van der Waals surface area contributed by atoms with Crippen LogP contribution in [0.5, 0.6) is 0 Å². The fourth-order valence-corrected chi connectivity index (χ4v) is 3.94. The van der Waals surface area contributed by atoms with Crippen molar-refractivity contribution < 1.29 is 9.78 Å². The highest BCUT2D eigenvalue weighted by Crippen LogP contribution is 2.20. The van der Waals surface area contributed by atoms with Crippen molar-refractivity contribution >= 4 is 33.9 Å². The number of nitrogens with zero attached hydrogens (tertiary/aromatic N) is 3. The average Bonchev–Trinajstić information content (AvgIpc) is 3.23. The monoisotopic (exact) mass is 429 g/mol. The number of rotatable bonds is 4. The van der Waals surface area contributed by atoms with Crippen molar-refractivity contribution in [3.8, 4) is 11.4 Å². The average molecular weight is 430 g/mol. The minimum Gasteiger partial charge on any atom is -0.292 e. The second-order valence-corrected chi connectivity index (χ2v) is 7.80. The zero-order valence-corrected chi connectivity index (χ0v) is 17.4. The van der Waals surface area contributed by atoms with Crippen LogP contribution >= 0.6 is 11.6 Å². The summed E-state index contributed by atoms with van der Waals surface area (Å²) < 4.78 is 2.76. The molecule has 0 bridgehead atoms. The number of aromatic amines is 1. The van der Waals surface area contributed by atoms with Crippen LogP contribution in [0.15, 0.2) is 77.6 Å². The number of ketones is 1. The van der Waals surface area contributed by atoms with Gasteiger partial charge in [0.2, 0.25) is 0 Å². The minimum absolute atomic E-state index is 0.140. The number of fused-ring (bicyclic) bond motifs is 3. The van der Waals surface area contributed by atoms with E-state index >= 15 is 0 Å². The van der Waals surface area contributed by atoms with Gasteiger partial charge in [-0.25, -0.2) is 9.78 Å². The van der Waals surface area contributed by atoms with E-state index in [0.717, 1.165) is 16.5 Å². The van der Waals surface area contributed by atoms with Crippen LogP contribution in [0.2, 0.25) is 5.02 Å². The molecular weight excluding hydrogens is 412 g/mol. The van der Waals surface area contributed by atoms with Gasteiger partial charge in [0, 0.05) is 5.56 Å². The lowest BCUT2D eigenvalue weighted by molar-refractivity contribution is -0.331. The molecular formula is C24H18ClN4O2+. The molecule has 3 aromatic carbocycles. The van der Waals surface area contributed by atoms with E-state index in [0.29, 0.717) is 27.6 Å². The van der Waals surface area contributed by atoms with Crippen LogP contribution in [0.3, 0.4) is 0 Å². The zero-order valence-electron chi connectivity index (χ0n) is 16.7. The Labute approximate surface area is 182 Å². The number of hydrogen-bond donors (Lipinski definition) is 0. The first-order valence-electron chi connectivity index (χ1n) is 9.81. The number of nitrogens with one attached hydrogen (secondary N) is 1. The summed E-state index contributed by atoms with van der Waals surface area (Å²) in [5.74, 6) is 0.338. The first-order valence-corrected chi connectivity index (χ1v) is 10.2. The summed E-state index contributed by atoms with van der Waals surface area (Å²) in [6, 6.07) is 22.2. The summed E-state index contributed by atoms with van der Waals surface area (Å²) in [4.78, 5) is 29.6. The Bertz CT molecular complexity index is 1520. The van der Waals surface area contributed by atoms with E-state index in [1.54, 1.807) is 24.3 Å². The Morgan fingerprint density at radius 1 is 1.00 bits per heavy atom. The molecule has 0 aliphatic carbocycles. The number of Topliss-reactive ketones (excluding diaryl/α,β-unsaturated/α-hetero) is 1. The summed E-state index contributed by atoms with van der Waals surface area (Å²) >= 11 is 6.19. The number of halogens is 1. The molecule has 0 fully saturated rings. The summed E-state index contributed by atoms with van der Waals surface area (Å²) in [7, 11) is 0. The highest BCUT2D eigenvalue weighted by atomic mass is 35.5. The number of H-pyrrole nitrogens is 1. The van der Waals surface area contributed by atoms with E-state index in [2.05, 4.69) is 10.1 Å². The van der Waals surface area contributed by atoms with Crippen molar-refractivity contribution in [1.82, 2.24) is 14.2 Å². The second-order valence-electron chi connectivity index (χ2n) is 7.39. The lowest BCUT2D eigenvalue weighted by Crippen LogP contribution is -2.31. The van der Waals surface area contributed by atoms with Crippen molar-refractivity contribution in [3.63, 3.8) is 0 Å². The molecule has 1 N–H and O–H groups in total. The molecule has 0 aliphatic heterocycles. The van der Waals surface area contributed by atoms with Crippen LogP contribution in [-0.4, -0.2) is 20.0 Å². The number of para-hydroxylation sites is 1. The van der Waals surface area contributed by atoms with Crippen LogP contribution in [0, 0.1) is 6.92 Å². The molecule has 7 heteroatoms. The Kier molecular flexibility index (Phi) is 4.64. The first kappa shape index (κ1) is 19.2. The number of carbonyl (C=O) groups is 1. The van der Waals surface area contributed by atoms with Gasteiger partial charge in [0.1, 0.15) is 0 Å². The summed E-state index contributed by atoms with van der Waals surface area (Å²) in [5, 5.41) is 5.66. The smallest absolute Gasteiger partial charge is 0.292 e. The topological polar surface area (TPSA) is 70.5 Å². The van der Waals surface area contributed by atoms with Crippen molar-refractivity contribution in [2.75, 3.05) is 0 Å². The van der Waals surface area contributed by atoms with E-state index in [1.165, 1.54) is 9.08 Å². The molecule has 0 radical (unpaired) electrons. The molecule has 0 saturated heterocycles. The van der Waals surface area contributed by atoms with E-state index < -0.39 is 5.69 Å². The minimum atomic E-state index is -0.399. The number of benzene rings is 3. The molecule has 2 aromatic heterocycles. The van der Waals surface area contributed by atoms with Crippen molar-refractivity contribution in [1.29, 1.82) is 0 Å². The van der Waals surface area contributed by atoms with Gasteiger partial charge in [-0.05, 0) is 47.8 Å². The van der Waals surface area contributed by atoms with Gasteiger partial charge in [0.05, 0.1) is 33.1 Å². The van der Waals surface area contributed by atoms with Gasteiger partial charge in [0.25, 0.3) is 5.65 Å². The number of carbonyl (C=O) groups excluding carboxylic acids is 1. The van der Waals surface area contributed by atoms with Crippen LogP contribution in [0.25, 0.3) is 27.9 Å². The van der Waals surface area contributed by atoms with E-state index in [4.69, 9.17) is 11.6 Å². The predicted octanol–water partition coefficient (Wildman–Crippen LogP) is 3.98. The van der Waals surface area contributed by atoms with E-state index in [1.807, 2.05) is 55.5 Å². The van der Waals surface area contributed by atoms with Gasteiger partial charge in [-0.15, -0.1) is 0 Å². The number of aromatic nitrogens is 4. The first-order chi connectivity index (χ1) is 15.0. The fourth-order valence-electron chi connectivity index (χ4n) is 3.70. The van der Waals surface area contributed by atoms with Crippen LogP contribution in [0.4, 0.5) is 0 Å². The fraction of sp³-hybridized carbons (Fsp3) is 0.0833. The predicted molar refractivity (Wildman–Crippen MR) is 119 cm³/mol. The summed E-state index contributed by atoms with van der Waals surface area (Å²) in [5.41, 5.74) is 3.22. The molecule has 6 nitrogen and oxygen atoms in total. The molecule has 2 heterocycles. The summed E-state index contributed by atoms with van der Waals surface area (Å²) in [6.45, 7) is 1.87. The van der Waals surface area contributed by atoms with Gasteiger partial charge < -0.3 is 0 Å². The van der Waals surface area contributed by atoms with Gasteiger partial charge in [-0.3, -0.25) is 9.36 Å². The molecule has 0 unspecified atom stereocenters. The summed E-state index contributed by atoms with van der Waals surface area (Å²) in [6.07, 6.45) is 0. The molecule has 0 spiro atoms. The molecule has 152 valence electrons. The third-order valence-electron chi connectivity index (χ3n) is 5.31. The maximum atomic E-state index is 13.4. The maximum Gasteiger partial charge on any atom is 0.423 e. The van der Waals surface area contributed by atoms with E-state index in [-0.39, 0.29) is 12.3 Å². The van der Waals surface area contributed by atoms with Crippen molar-refractivity contribution in [2.24, 2.45) is 0 Å². The molecule has 0 atom stereocenters. The highest BCUT2D eigenvalue weighted by Gasteiger charge is 2.24. The van der Waals surface area contributed by atoms with Gasteiger partial charge in [-0.2, -0.15) is 0 Å². The van der Waals surface area contributed by atoms with Crippen molar-refractivity contribution in [3.05, 3.63) is 99.4 Å². The van der Waals surface area contributed by atoms with Gasteiger partial charge in [-0.1, -0.05) is 53.6 Å². The normalized spacial score (nSPS) is 11.3. The maximum absolute atomic E-state index is 13.4. The molecule has 0 saturated carbocycles. The Balaban J connectivity index is 1.70. The van der Waals surface area contributed by atoms with Crippen LogP contribution in [0.1, 0.15) is 15.9 Å². The lowest BCUT2D eigenvalue weighted by Gasteiger charge is -2.08.